The summed E-state index contributed by atoms with van der Waals surface area (Å²) in [5, 5.41) is 0. The van der Waals surface area contributed by atoms with Crippen LogP contribution in [-0.2, 0) is 0 Å². The van der Waals surface area contributed by atoms with Crippen LogP contribution in [0.3, 0.4) is 0 Å². The zero-order valence-electron chi connectivity index (χ0n) is 9.43. The predicted octanol–water partition coefficient (Wildman–Crippen LogP) is 1.88. The molecule has 0 spiro atoms. The molecule has 1 unspecified atom stereocenters. The highest BCUT2D eigenvalue weighted by molar-refractivity contribution is 5.43. The number of rotatable bonds is 3. The van der Waals surface area contributed by atoms with Crippen LogP contribution in [-0.4, -0.2) is 30.1 Å². The van der Waals surface area contributed by atoms with Gasteiger partial charge in [-0.2, -0.15) is 0 Å². The van der Waals surface area contributed by atoms with Crippen LogP contribution in [0.15, 0.2) is 24.3 Å². The average Bonchev–Trinajstić information content (AvgIpc) is 3.01. The van der Waals surface area contributed by atoms with Crippen molar-refractivity contribution in [1.29, 1.82) is 0 Å². The molecule has 1 heterocycles. The van der Waals surface area contributed by atoms with Gasteiger partial charge >= 0.3 is 0 Å². The van der Waals surface area contributed by atoms with Gasteiger partial charge in [-0.3, -0.25) is 4.90 Å². The van der Waals surface area contributed by atoms with E-state index in [4.69, 9.17) is 10.5 Å². The summed E-state index contributed by atoms with van der Waals surface area (Å²) in [6.45, 7) is 2.27. The Bertz CT molecular complexity index is 376. The first-order chi connectivity index (χ1) is 7.81. The summed E-state index contributed by atoms with van der Waals surface area (Å²) >= 11 is 0. The third-order valence-electron chi connectivity index (χ3n) is 3.40. The number of hydrogen-bond acceptors (Lipinski definition) is 3. The van der Waals surface area contributed by atoms with Crippen molar-refractivity contribution in [3.05, 3.63) is 24.3 Å². The van der Waals surface area contributed by atoms with Crippen molar-refractivity contribution in [3.63, 3.8) is 0 Å². The van der Waals surface area contributed by atoms with Crippen molar-refractivity contribution in [3.8, 4) is 5.75 Å². The van der Waals surface area contributed by atoms with Crippen molar-refractivity contribution in [2.24, 2.45) is 0 Å². The summed E-state index contributed by atoms with van der Waals surface area (Å²) < 4.78 is 5.94. The van der Waals surface area contributed by atoms with E-state index in [0.717, 1.165) is 30.4 Å². The Balaban J connectivity index is 1.59. The van der Waals surface area contributed by atoms with Crippen LogP contribution in [0.25, 0.3) is 0 Å². The molecule has 1 aliphatic heterocycles. The minimum Gasteiger partial charge on any atom is -0.489 e. The molecule has 2 aliphatic rings. The normalized spacial score (nSPS) is 25.9. The van der Waals surface area contributed by atoms with E-state index in [2.05, 4.69) is 4.90 Å². The van der Waals surface area contributed by atoms with Gasteiger partial charge < -0.3 is 10.5 Å². The van der Waals surface area contributed by atoms with Crippen LogP contribution in [0.2, 0.25) is 0 Å². The number of ether oxygens (including phenoxy) is 1. The Kier molecular flexibility index (Phi) is 2.48. The first-order valence-electron chi connectivity index (χ1n) is 6.07. The Morgan fingerprint density at radius 2 is 2.12 bits per heavy atom. The zero-order valence-corrected chi connectivity index (χ0v) is 9.43. The fourth-order valence-corrected chi connectivity index (χ4v) is 2.40. The maximum Gasteiger partial charge on any atom is 0.121 e. The van der Waals surface area contributed by atoms with Gasteiger partial charge in [-0.25, -0.2) is 0 Å². The van der Waals surface area contributed by atoms with E-state index in [1.807, 2.05) is 24.3 Å². The number of nitrogen functional groups attached to an aromatic ring is 1. The molecule has 0 amide bonds. The molecular weight excluding hydrogens is 200 g/mol. The average molecular weight is 218 g/mol. The van der Waals surface area contributed by atoms with E-state index in [1.54, 1.807) is 0 Å². The molecule has 3 rings (SSSR count). The molecule has 1 aliphatic carbocycles. The number of likely N-dealkylation sites (tertiary alicyclic amines) is 1. The molecule has 2 N–H and O–H groups in total. The van der Waals surface area contributed by atoms with Crippen molar-refractivity contribution in [2.45, 2.75) is 31.4 Å². The summed E-state index contributed by atoms with van der Waals surface area (Å²) in [5.41, 5.74) is 6.50. The lowest BCUT2D eigenvalue weighted by Crippen LogP contribution is -2.26. The van der Waals surface area contributed by atoms with Crippen LogP contribution in [0.5, 0.6) is 5.75 Å². The second-order valence-electron chi connectivity index (χ2n) is 4.83. The Labute approximate surface area is 96.2 Å². The maximum atomic E-state index is 5.94. The molecule has 1 aromatic rings. The van der Waals surface area contributed by atoms with Gasteiger partial charge in [-0.05, 0) is 31.4 Å². The first kappa shape index (κ1) is 9.97. The lowest BCUT2D eigenvalue weighted by molar-refractivity contribution is 0.198. The summed E-state index contributed by atoms with van der Waals surface area (Å²) in [6, 6.07) is 8.57. The van der Waals surface area contributed by atoms with Crippen LogP contribution in [0.1, 0.15) is 19.3 Å². The van der Waals surface area contributed by atoms with E-state index >= 15 is 0 Å². The minimum atomic E-state index is 0.349. The van der Waals surface area contributed by atoms with E-state index in [1.165, 1.54) is 19.4 Å². The molecule has 2 fully saturated rings. The van der Waals surface area contributed by atoms with Gasteiger partial charge in [-0.15, -0.1) is 0 Å². The van der Waals surface area contributed by atoms with E-state index in [0.29, 0.717) is 6.10 Å². The van der Waals surface area contributed by atoms with Gasteiger partial charge in [0.2, 0.25) is 0 Å². The predicted molar refractivity (Wildman–Crippen MR) is 64.5 cm³/mol. The highest BCUT2D eigenvalue weighted by Crippen LogP contribution is 2.31. The highest BCUT2D eigenvalue weighted by Gasteiger charge is 2.35. The van der Waals surface area contributed by atoms with E-state index < -0.39 is 0 Å². The van der Waals surface area contributed by atoms with Crippen molar-refractivity contribution in [2.75, 3.05) is 18.8 Å². The SMILES string of the molecule is Nc1cccc(OC2CCN(C3CC3)C2)c1. The van der Waals surface area contributed by atoms with Crippen molar-refractivity contribution in [1.82, 2.24) is 4.90 Å². The molecule has 0 bridgehead atoms. The lowest BCUT2D eigenvalue weighted by atomic mass is 10.3. The zero-order chi connectivity index (χ0) is 11.0. The first-order valence-corrected chi connectivity index (χ1v) is 6.07. The summed E-state index contributed by atoms with van der Waals surface area (Å²) in [4.78, 5) is 2.55. The third-order valence-corrected chi connectivity index (χ3v) is 3.40. The molecule has 1 atom stereocenters. The quantitative estimate of drug-likeness (QED) is 0.787. The van der Waals surface area contributed by atoms with Crippen molar-refractivity contribution < 1.29 is 4.74 Å². The Morgan fingerprint density at radius 3 is 2.88 bits per heavy atom. The van der Waals surface area contributed by atoms with Crippen LogP contribution < -0.4 is 10.5 Å². The molecule has 86 valence electrons. The van der Waals surface area contributed by atoms with E-state index in [-0.39, 0.29) is 0 Å². The van der Waals surface area contributed by atoms with Crippen molar-refractivity contribution >= 4 is 5.69 Å². The lowest BCUT2D eigenvalue weighted by Gasteiger charge is -2.16. The van der Waals surface area contributed by atoms with Gasteiger partial charge in [0.1, 0.15) is 11.9 Å². The molecule has 1 saturated carbocycles. The van der Waals surface area contributed by atoms with Gasteiger partial charge in [0.25, 0.3) is 0 Å². The standard InChI is InChI=1S/C13H18N2O/c14-10-2-1-3-12(8-10)16-13-6-7-15(9-13)11-4-5-11/h1-3,8,11,13H,4-7,9,14H2. The van der Waals surface area contributed by atoms with Crippen LogP contribution >= 0.6 is 0 Å². The largest absolute Gasteiger partial charge is 0.489 e. The fourth-order valence-electron chi connectivity index (χ4n) is 2.40. The highest BCUT2D eigenvalue weighted by atomic mass is 16.5. The molecule has 0 aromatic heterocycles. The summed E-state index contributed by atoms with van der Waals surface area (Å²) in [6.07, 6.45) is 4.25. The smallest absolute Gasteiger partial charge is 0.121 e. The Hall–Kier alpha value is -1.22. The topological polar surface area (TPSA) is 38.5 Å². The number of nitrogens with two attached hydrogens (primary N) is 1. The van der Waals surface area contributed by atoms with Gasteiger partial charge in [0.15, 0.2) is 0 Å². The molecular formula is C13H18N2O. The minimum absolute atomic E-state index is 0.349. The molecule has 0 radical (unpaired) electrons. The number of nitrogens with zero attached hydrogens (tertiary/aromatic N) is 1. The van der Waals surface area contributed by atoms with Crippen LogP contribution in [0.4, 0.5) is 5.69 Å². The van der Waals surface area contributed by atoms with Gasteiger partial charge in [0, 0.05) is 30.9 Å². The monoisotopic (exact) mass is 218 g/mol. The molecule has 16 heavy (non-hydrogen) atoms. The molecule has 1 saturated heterocycles. The third kappa shape index (κ3) is 2.14. The number of benzene rings is 1. The van der Waals surface area contributed by atoms with Crippen LogP contribution in [0, 0.1) is 0 Å². The van der Waals surface area contributed by atoms with Gasteiger partial charge in [-0.1, -0.05) is 6.07 Å². The molecule has 3 heteroatoms. The summed E-state index contributed by atoms with van der Waals surface area (Å²) in [5.74, 6) is 0.905. The second kappa shape index (κ2) is 3.98. The summed E-state index contributed by atoms with van der Waals surface area (Å²) in [7, 11) is 0. The number of anilines is 1. The Morgan fingerprint density at radius 1 is 1.25 bits per heavy atom. The molecule has 3 nitrogen and oxygen atoms in total. The second-order valence-corrected chi connectivity index (χ2v) is 4.83. The van der Waals surface area contributed by atoms with E-state index in [9.17, 15) is 0 Å². The van der Waals surface area contributed by atoms with Gasteiger partial charge in [0.05, 0.1) is 0 Å². The number of hydrogen-bond donors (Lipinski definition) is 1. The fraction of sp³-hybridized carbons (Fsp3) is 0.538. The molecule has 1 aromatic carbocycles. The maximum absolute atomic E-state index is 5.94.